The van der Waals surface area contributed by atoms with Gasteiger partial charge in [0.25, 0.3) is 0 Å². The van der Waals surface area contributed by atoms with Crippen molar-refractivity contribution in [1.82, 2.24) is 19.2 Å². The summed E-state index contributed by atoms with van der Waals surface area (Å²) < 4.78 is 4.14. The van der Waals surface area contributed by atoms with E-state index < -0.39 is 0 Å². The fraction of sp³-hybridized carbons (Fsp3) is 0.133. The molecule has 0 saturated heterocycles. The minimum Gasteiger partial charge on any atom is -0.308 e. The highest BCUT2D eigenvalue weighted by Crippen LogP contribution is 2.38. The minimum atomic E-state index is -0.307. The van der Waals surface area contributed by atoms with Gasteiger partial charge in [0, 0.05) is 22.5 Å². The van der Waals surface area contributed by atoms with Crippen LogP contribution in [0.15, 0.2) is 97.2 Å². The second-order valence-corrected chi connectivity index (χ2v) is 9.75. The van der Waals surface area contributed by atoms with Crippen LogP contribution in [0.3, 0.4) is 0 Å². The third kappa shape index (κ3) is 4.19. The summed E-state index contributed by atoms with van der Waals surface area (Å²) in [5, 5.41) is 8.61. The average molecular weight is 508 g/mol. The molecule has 0 spiro atoms. The summed E-state index contributed by atoms with van der Waals surface area (Å²) >= 11 is 6.07. The molecule has 0 fully saturated rings. The van der Waals surface area contributed by atoms with E-state index in [0.717, 1.165) is 34.0 Å². The molecular weight excluding hydrogens is 482 g/mol. The molecule has 184 valence electrons. The van der Waals surface area contributed by atoms with E-state index >= 15 is 0 Å². The first kappa shape index (κ1) is 23.1. The third-order valence-electron chi connectivity index (χ3n) is 6.84. The van der Waals surface area contributed by atoms with Crippen molar-refractivity contribution in [3.63, 3.8) is 0 Å². The molecule has 6 nitrogen and oxygen atoms in total. The van der Waals surface area contributed by atoms with E-state index in [1.54, 1.807) is 12.1 Å². The molecule has 2 amide bonds. The van der Waals surface area contributed by atoms with Crippen LogP contribution in [0.1, 0.15) is 34.1 Å². The van der Waals surface area contributed by atoms with Crippen LogP contribution in [-0.4, -0.2) is 25.3 Å². The predicted molar refractivity (Wildman–Crippen MR) is 147 cm³/mol. The number of benzene rings is 3. The highest BCUT2D eigenvalue weighted by molar-refractivity contribution is 6.30. The number of amides is 2. The monoisotopic (exact) mass is 507 g/mol. The van der Waals surface area contributed by atoms with Crippen LogP contribution in [0.2, 0.25) is 5.02 Å². The summed E-state index contributed by atoms with van der Waals surface area (Å²) in [5.74, 6) is 0.947. The van der Waals surface area contributed by atoms with Gasteiger partial charge in [0.15, 0.2) is 0 Å². The minimum absolute atomic E-state index is 0.194. The molecule has 0 bridgehead atoms. The van der Waals surface area contributed by atoms with Crippen molar-refractivity contribution >= 4 is 23.3 Å². The number of hydrogen-bond acceptors (Lipinski definition) is 2. The number of halogens is 1. The molecule has 3 aromatic carbocycles. The lowest BCUT2D eigenvalue weighted by atomic mass is 10.0. The number of nitrogens with zero attached hydrogens (tertiary/aromatic N) is 4. The Kier molecular flexibility index (Phi) is 5.81. The number of urea groups is 1. The van der Waals surface area contributed by atoms with E-state index in [1.165, 1.54) is 5.56 Å². The lowest BCUT2D eigenvalue weighted by Crippen LogP contribution is -2.38. The maximum Gasteiger partial charge on any atom is 0.322 e. The van der Waals surface area contributed by atoms with Crippen molar-refractivity contribution in [2.75, 3.05) is 5.32 Å². The van der Waals surface area contributed by atoms with Gasteiger partial charge in [0.1, 0.15) is 5.82 Å². The normalized spacial score (nSPS) is 14.6. The number of aromatic nitrogens is 3. The number of fused-ring (bicyclic) bond motifs is 3. The standard InChI is InChI=1S/C30H26ClN5O/c1-20-10-12-22(13-11-20)28-27-9-6-18-34(27)29-26(21(2)33-36(29)25-7-4-3-5-8-25)19-35(28)30(37)32-24-16-14-23(31)15-17-24/h3-18,28H,19H2,1-2H3,(H,32,37)/t28-/m0/s1. The highest BCUT2D eigenvalue weighted by Gasteiger charge is 2.36. The van der Waals surface area contributed by atoms with E-state index in [1.807, 2.05) is 65.0 Å². The smallest absolute Gasteiger partial charge is 0.308 e. The van der Waals surface area contributed by atoms with Crippen molar-refractivity contribution < 1.29 is 4.79 Å². The Morgan fingerprint density at radius 1 is 0.919 bits per heavy atom. The first-order valence-electron chi connectivity index (χ1n) is 12.2. The summed E-state index contributed by atoms with van der Waals surface area (Å²) in [6, 6.07) is 29.3. The van der Waals surface area contributed by atoms with Crippen LogP contribution in [-0.2, 0) is 6.54 Å². The van der Waals surface area contributed by atoms with Crippen LogP contribution >= 0.6 is 11.6 Å². The zero-order valence-corrected chi connectivity index (χ0v) is 21.4. The lowest BCUT2D eigenvalue weighted by molar-refractivity contribution is 0.194. The van der Waals surface area contributed by atoms with E-state index in [2.05, 4.69) is 53.3 Å². The largest absolute Gasteiger partial charge is 0.322 e. The fourth-order valence-corrected chi connectivity index (χ4v) is 5.10. The van der Waals surface area contributed by atoms with Crippen LogP contribution in [0, 0.1) is 13.8 Å². The molecular formula is C30H26ClN5O. The summed E-state index contributed by atoms with van der Waals surface area (Å²) in [7, 11) is 0. The number of anilines is 1. The fourth-order valence-electron chi connectivity index (χ4n) is 4.98. The molecule has 2 aromatic heterocycles. The molecule has 0 unspecified atom stereocenters. The molecule has 0 saturated carbocycles. The van der Waals surface area contributed by atoms with Crippen molar-refractivity contribution in [3.8, 4) is 11.5 Å². The number of rotatable bonds is 3. The van der Waals surface area contributed by atoms with Crippen LogP contribution in [0.5, 0.6) is 0 Å². The van der Waals surface area contributed by atoms with Gasteiger partial charge in [-0.3, -0.25) is 0 Å². The molecule has 1 aliphatic rings. The molecule has 1 aliphatic heterocycles. The van der Waals surface area contributed by atoms with Gasteiger partial charge in [-0.1, -0.05) is 59.6 Å². The third-order valence-corrected chi connectivity index (χ3v) is 7.09. The van der Waals surface area contributed by atoms with Crippen molar-refractivity contribution in [3.05, 3.63) is 130 Å². The average Bonchev–Trinajstić information content (AvgIpc) is 3.47. The van der Waals surface area contributed by atoms with Gasteiger partial charge in [0.05, 0.1) is 29.7 Å². The van der Waals surface area contributed by atoms with Crippen molar-refractivity contribution in [2.45, 2.75) is 26.4 Å². The number of carbonyl (C=O) groups excluding carboxylic acids is 1. The van der Waals surface area contributed by atoms with Gasteiger partial charge in [-0.15, -0.1) is 0 Å². The predicted octanol–water partition coefficient (Wildman–Crippen LogP) is 7.07. The van der Waals surface area contributed by atoms with E-state index in [9.17, 15) is 4.79 Å². The Morgan fingerprint density at radius 2 is 1.65 bits per heavy atom. The summed E-state index contributed by atoms with van der Waals surface area (Å²) in [4.78, 5) is 15.8. The zero-order chi connectivity index (χ0) is 25.5. The molecule has 3 heterocycles. The van der Waals surface area contributed by atoms with Gasteiger partial charge in [-0.25, -0.2) is 9.48 Å². The second-order valence-electron chi connectivity index (χ2n) is 9.32. The summed E-state index contributed by atoms with van der Waals surface area (Å²) in [5.41, 5.74) is 6.74. The Labute approximate surface area is 220 Å². The second kappa shape index (κ2) is 9.30. The SMILES string of the molecule is Cc1ccc([C@H]2c3cccn3-c3c(c(C)nn3-c3ccccc3)CN2C(=O)Nc2ccc(Cl)cc2)cc1. The van der Waals surface area contributed by atoms with Gasteiger partial charge in [-0.2, -0.15) is 5.10 Å². The maximum absolute atomic E-state index is 13.9. The molecule has 1 atom stereocenters. The molecule has 7 heteroatoms. The van der Waals surface area contributed by atoms with Gasteiger partial charge < -0.3 is 14.8 Å². The Morgan fingerprint density at radius 3 is 2.38 bits per heavy atom. The Bertz CT molecular complexity index is 1570. The molecule has 6 rings (SSSR count). The van der Waals surface area contributed by atoms with E-state index in [4.69, 9.17) is 16.7 Å². The van der Waals surface area contributed by atoms with E-state index in [-0.39, 0.29) is 12.1 Å². The summed E-state index contributed by atoms with van der Waals surface area (Å²) in [6.45, 7) is 4.47. The first-order chi connectivity index (χ1) is 18.0. The Hall–Kier alpha value is -4.29. The first-order valence-corrected chi connectivity index (χ1v) is 12.6. The zero-order valence-electron chi connectivity index (χ0n) is 20.6. The molecule has 5 aromatic rings. The quantitative estimate of drug-likeness (QED) is 0.284. The highest BCUT2D eigenvalue weighted by atomic mass is 35.5. The molecule has 0 aliphatic carbocycles. The summed E-state index contributed by atoms with van der Waals surface area (Å²) in [6.07, 6.45) is 2.05. The van der Waals surface area contributed by atoms with Crippen LogP contribution in [0.25, 0.3) is 11.5 Å². The molecule has 37 heavy (non-hydrogen) atoms. The van der Waals surface area contributed by atoms with Gasteiger partial charge >= 0.3 is 6.03 Å². The van der Waals surface area contributed by atoms with Crippen LogP contribution < -0.4 is 5.32 Å². The number of carbonyl (C=O) groups is 1. The topological polar surface area (TPSA) is 55.1 Å². The van der Waals surface area contributed by atoms with Crippen molar-refractivity contribution in [1.29, 1.82) is 0 Å². The Balaban J connectivity index is 1.53. The molecule has 1 N–H and O–H groups in total. The lowest BCUT2D eigenvalue weighted by Gasteiger charge is -2.31. The van der Waals surface area contributed by atoms with Crippen molar-refractivity contribution in [2.24, 2.45) is 0 Å². The number of hydrogen-bond donors (Lipinski definition) is 1. The van der Waals surface area contributed by atoms with Gasteiger partial charge in [-0.05, 0) is 67.9 Å². The van der Waals surface area contributed by atoms with E-state index in [0.29, 0.717) is 17.3 Å². The van der Waals surface area contributed by atoms with Gasteiger partial charge in [0.2, 0.25) is 0 Å². The molecule has 0 radical (unpaired) electrons. The number of aryl methyl sites for hydroxylation is 2. The number of nitrogens with one attached hydrogen (secondary N) is 1. The number of para-hydroxylation sites is 1. The maximum atomic E-state index is 13.9. The van der Waals surface area contributed by atoms with Crippen LogP contribution in [0.4, 0.5) is 10.5 Å².